The average Bonchev–Trinajstić information content (AvgIpc) is 2.43. The highest BCUT2D eigenvalue weighted by atomic mass is 16.6. The summed E-state index contributed by atoms with van der Waals surface area (Å²) in [5, 5.41) is 17.8. The highest BCUT2D eigenvalue weighted by Crippen LogP contribution is 2.45. The van der Waals surface area contributed by atoms with Crippen molar-refractivity contribution in [3.05, 3.63) is 47.5 Å². The van der Waals surface area contributed by atoms with E-state index in [1.54, 1.807) is 0 Å². The summed E-state index contributed by atoms with van der Waals surface area (Å²) < 4.78 is 11.0. The molecule has 0 bridgehead atoms. The maximum Gasteiger partial charge on any atom is 0.335 e. The van der Waals surface area contributed by atoms with Gasteiger partial charge in [0.05, 0.1) is 11.1 Å². The fourth-order valence-electron chi connectivity index (χ4n) is 1.85. The molecule has 0 amide bonds. The zero-order valence-electron chi connectivity index (χ0n) is 9.99. The maximum atomic E-state index is 10.9. The van der Waals surface area contributed by atoms with E-state index in [1.165, 1.54) is 36.4 Å². The van der Waals surface area contributed by atoms with Crippen molar-refractivity contribution < 1.29 is 29.3 Å². The van der Waals surface area contributed by atoms with Crippen molar-refractivity contribution in [3.8, 4) is 23.0 Å². The van der Waals surface area contributed by atoms with Crippen molar-refractivity contribution in [1.29, 1.82) is 0 Å². The lowest BCUT2D eigenvalue weighted by Gasteiger charge is -2.20. The highest BCUT2D eigenvalue weighted by molar-refractivity contribution is 5.89. The molecular weight excluding hydrogens is 264 g/mol. The van der Waals surface area contributed by atoms with Crippen molar-refractivity contribution in [2.24, 2.45) is 0 Å². The van der Waals surface area contributed by atoms with Gasteiger partial charge >= 0.3 is 11.9 Å². The standard InChI is InChI=1S/C14H8O6/c15-13(16)7-1-3-9-11(5-7)20-10-4-2-8(14(17)18)6-12(10)19-9/h1-6H,(H,15,16)(H,17,18). The molecule has 0 aliphatic carbocycles. The molecule has 0 unspecified atom stereocenters. The summed E-state index contributed by atoms with van der Waals surface area (Å²) in [5.41, 5.74) is 0.163. The number of ether oxygens (including phenoxy) is 2. The molecule has 0 radical (unpaired) electrons. The first kappa shape index (κ1) is 12.0. The molecule has 2 aromatic rings. The molecule has 3 rings (SSSR count). The van der Waals surface area contributed by atoms with Crippen LogP contribution in [0.5, 0.6) is 23.0 Å². The fourth-order valence-corrected chi connectivity index (χ4v) is 1.85. The zero-order chi connectivity index (χ0) is 14.3. The number of rotatable bonds is 2. The van der Waals surface area contributed by atoms with E-state index >= 15 is 0 Å². The van der Waals surface area contributed by atoms with Crippen molar-refractivity contribution in [2.45, 2.75) is 0 Å². The normalized spacial score (nSPS) is 11.6. The Morgan fingerprint density at radius 2 is 1.10 bits per heavy atom. The molecule has 100 valence electrons. The van der Waals surface area contributed by atoms with Crippen molar-refractivity contribution in [1.82, 2.24) is 0 Å². The number of aromatic carboxylic acids is 2. The topological polar surface area (TPSA) is 93.1 Å². The number of hydrogen-bond donors (Lipinski definition) is 2. The van der Waals surface area contributed by atoms with Gasteiger partial charge in [-0.3, -0.25) is 0 Å². The van der Waals surface area contributed by atoms with Crippen LogP contribution in [0.3, 0.4) is 0 Å². The van der Waals surface area contributed by atoms with Gasteiger partial charge in [-0.05, 0) is 36.4 Å². The van der Waals surface area contributed by atoms with Crippen LogP contribution in [0.25, 0.3) is 0 Å². The van der Waals surface area contributed by atoms with Crippen LogP contribution in [-0.2, 0) is 0 Å². The summed E-state index contributed by atoms with van der Waals surface area (Å²) in [6.07, 6.45) is 0. The molecule has 0 fully saturated rings. The predicted molar refractivity (Wildman–Crippen MR) is 67.0 cm³/mol. The molecule has 0 atom stereocenters. The van der Waals surface area contributed by atoms with E-state index in [1.807, 2.05) is 0 Å². The second kappa shape index (κ2) is 4.27. The van der Waals surface area contributed by atoms with E-state index in [0.717, 1.165) is 0 Å². The molecule has 2 aromatic carbocycles. The largest absolute Gasteiger partial charge is 0.478 e. The minimum absolute atomic E-state index is 0.0814. The van der Waals surface area contributed by atoms with Crippen molar-refractivity contribution >= 4 is 11.9 Å². The van der Waals surface area contributed by atoms with E-state index in [0.29, 0.717) is 11.5 Å². The second-order valence-corrected chi connectivity index (χ2v) is 4.14. The van der Waals surface area contributed by atoms with E-state index < -0.39 is 11.9 Å². The smallest absolute Gasteiger partial charge is 0.335 e. The van der Waals surface area contributed by atoms with Gasteiger partial charge in [-0.25, -0.2) is 9.59 Å². The first-order valence-electron chi connectivity index (χ1n) is 5.65. The monoisotopic (exact) mass is 272 g/mol. The molecule has 0 aromatic heterocycles. The van der Waals surface area contributed by atoms with Gasteiger partial charge in [-0.1, -0.05) is 0 Å². The van der Waals surface area contributed by atoms with E-state index in [4.69, 9.17) is 19.7 Å². The summed E-state index contributed by atoms with van der Waals surface area (Å²) in [6.45, 7) is 0. The minimum atomic E-state index is -1.07. The summed E-state index contributed by atoms with van der Waals surface area (Å²) in [4.78, 5) is 21.8. The molecule has 0 saturated heterocycles. The summed E-state index contributed by atoms with van der Waals surface area (Å²) in [5.74, 6) is -0.900. The fraction of sp³-hybridized carbons (Fsp3) is 0. The van der Waals surface area contributed by atoms with Crippen LogP contribution in [0.1, 0.15) is 20.7 Å². The summed E-state index contributed by atoms with van der Waals surface area (Å²) in [6, 6.07) is 8.41. The Labute approximate surface area is 112 Å². The lowest BCUT2D eigenvalue weighted by molar-refractivity contribution is 0.0685. The molecule has 20 heavy (non-hydrogen) atoms. The molecule has 6 nitrogen and oxygen atoms in total. The lowest BCUT2D eigenvalue weighted by atomic mass is 10.1. The van der Waals surface area contributed by atoms with E-state index in [9.17, 15) is 9.59 Å². The molecular formula is C14H8O6. The Morgan fingerprint density at radius 1 is 0.700 bits per heavy atom. The number of carbonyl (C=O) groups is 2. The van der Waals surface area contributed by atoms with Crippen LogP contribution in [0.15, 0.2) is 36.4 Å². The van der Waals surface area contributed by atoms with Gasteiger partial charge in [0.25, 0.3) is 0 Å². The quantitative estimate of drug-likeness (QED) is 0.744. The van der Waals surface area contributed by atoms with Gasteiger partial charge in [0.15, 0.2) is 23.0 Å². The summed E-state index contributed by atoms with van der Waals surface area (Å²) >= 11 is 0. The molecule has 1 aliphatic heterocycles. The minimum Gasteiger partial charge on any atom is -0.478 e. The van der Waals surface area contributed by atoms with Crippen LogP contribution >= 0.6 is 0 Å². The maximum absolute atomic E-state index is 10.9. The predicted octanol–water partition coefficient (Wildman–Crippen LogP) is 2.98. The number of carboxylic acid groups (broad SMARTS) is 2. The molecule has 6 heteroatoms. The zero-order valence-corrected chi connectivity index (χ0v) is 9.99. The second-order valence-electron chi connectivity index (χ2n) is 4.14. The molecule has 0 saturated carbocycles. The van der Waals surface area contributed by atoms with Crippen LogP contribution in [0.4, 0.5) is 0 Å². The van der Waals surface area contributed by atoms with Gasteiger partial charge < -0.3 is 19.7 Å². The Balaban J connectivity index is 2.02. The number of carboxylic acids is 2. The average molecular weight is 272 g/mol. The van der Waals surface area contributed by atoms with Crippen LogP contribution < -0.4 is 9.47 Å². The molecule has 0 spiro atoms. The Morgan fingerprint density at radius 3 is 1.45 bits per heavy atom. The number of benzene rings is 2. The van der Waals surface area contributed by atoms with Crippen molar-refractivity contribution in [2.75, 3.05) is 0 Å². The Bertz CT molecular complexity index is 671. The third-order valence-corrected chi connectivity index (χ3v) is 2.82. The van der Waals surface area contributed by atoms with Gasteiger partial charge in [0, 0.05) is 0 Å². The van der Waals surface area contributed by atoms with Gasteiger partial charge in [0.2, 0.25) is 0 Å². The van der Waals surface area contributed by atoms with E-state index in [-0.39, 0.29) is 22.6 Å². The van der Waals surface area contributed by atoms with Crippen LogP contribution in [0, 0.1) is 0 Å². The number of fused-ring (bicyclic) bond motifs is 2. The third kappa shape index (κ3) is 1.93. The van der Waals surface area contributed by atoms with Crippen LogP contribution in [0.2, 0.25) is 0 Å². The first-order chi connectivity index (χ1) is 9.54. The van der Waals surface area contributed by atoms with Crippen LogP contribution in [-0.4, -0.2) is 22.2 Å². The third-order valence-electron chi connectivity index (χ3n) is 2.82. The first-order valence-corrected chi connectivity index (χ1v) is 5.65. The van der Waals surface area contributed by atoms with Gasteiger partial charge in [0.1, 0.15) is 0 Å². The van der Waals surface area contributed by atoms with Gasteiger partial charge in [-0.2, -0.15) is 0 Å². The summed E-state index contributed by atoms with van der Waals surface area (Å²) in [7, 11) is 0. The molecule has 2 N–H and O–H groups in total. The highest BCUT2D eigenvalue weighted by Gasteiger charge is 2.21. The number of hydrogen-bond acceptors (Lipinski definition) is 4. The lowest BCUT2D eigenvalue weighted by Crippen LogP contribution is -2.04. The van der Waals surface area contributed by atoms with Gasteiger partial charge in [-0.15, -0.1) is 0 Å². The van der Waals surface area contributed by atoms with Crippen molar-refractivity contribution in [3.63, 3.8) is 0 Å². The Kier molecular flexibility index (Phi) is 2.57. The SMILES string of the molecule is O=C(O)c1ccc2c(c1)Oc1ccc(C(=O)O)cc1O2. The Hall–Kier alpha value is -3.02. The van der Waals surface area contributed by atoms with E-state index in [2.05, 4.69) is 0 Å². The molecule has 1 aliphatic rings. The molecule has 1 heterocycles.